The average molecular weight is 362 g/mol. The number of aromatic amines is 2. The van der Waals surface area contributed by atoms with E-state index in [0.29, 0.717) is 5.69 Å². The number of nitrogens with zero attached hydrogens (tertiary/aromatic N) is 2. The second kappa shape index (κ2) is 7.15. The summed E-state index contributed by atoms with van der Waals surface area (Å²) >= 11 is 0. The van der Waals surface area contributed by atoms with Gasteiger partial charge in [-0.2, -0.15) is 5.10 Å². The summed E-state index contributed by atoms with van der Waals surface area (Å²) in [6.07, 6.45) is 3.82. The van der Waals surface area contributed by atoms with Crippen molar-refractivity contribution >= 4 is 16.8 Å². The van der Waals surface area contributed by atoms with Gasteiger partial charge in [0.05, 0.1) is 0 Å². The van der Waals surface area contributed by atoms with Crippen molar-refractivity contribution in [3.63, 3.8) is 0 Å². The Morgan fingerprint density at radius 3 is 2.74 bits per heavy atom. The zero-order chi connectivity index (χ0) is 18.8. The van der Waals surface area contributed by atoms with Crippen molar-refractivity contribution in [2.45, 2.75) is 26.2 Å². The first-order chi connectivity index (χ1) is 13.1. The number of carbonyl (C=O) groups excluding carboxylic acids is 1. The first-order valence-corrected chi connectivity index (χ1v) is 8.93. The summed E-state index contributed by atoms with van der Waals surface area (Å²) in [6, 6.07) is 12.0. The van der Waals surface area contributed by atoms with Crippen LogP contribution in [-0.2, 0) is 12.8 Å². The molecule has 6 heteroatoms. The van der Waals surface area contributed by atoms with E-state index in [4.69, 9.17) is 0 Å². The van der Waals surface area contributed by atoms with Crippen LogP contribution in [0.25, 0.3) is 22.3 Å². The number of fused-ring (bicyclic) bond motifs is 1. The van der Waals surface area contributed by atoms with Crippen LogP contribution < -0.4 is 0 Å². The van der Waals surface area contributed by atoms with Gasteiger partial charge in [-0.15, -0.1) is 0 Å². The van der Waals surface area contributed by atoms with Gasteiger partial charge >= 0.3 is 0 Å². The Balaban J connectivity index is 1.55. The highest BCUT2D eigenvalue weighted by Crippen LogP contribution is 2.24. The van der Waals surface area contributed by atoms with Crippen LogP contribution in [-0.4, -0.2) is 25.9 Å². The molecule has 2 N–H and O–H groups in total. The van der Waals surface area contributed by atoms with Gasteiger partial charge in [-0.25, -0.2) is 9.37 Å². The maximum absolute atomic E-state index is 13.1. The number of hydrogen-bond acceptors (Lipinski definition) is 3. The maximum Gasteiger partial charge on any atom is 0.187 e. The Labute approximate surface area is 155 Å². The summed E-state index contributed by atoms with van der Waals surface area (Å²) in [7, 11) is 0. The lowest BCUT2D eigenvalue weighted by Gasteiger charge is -1.98. The second-order valence-corrected chi connectivity index (χ2v) is 6.60. The van der Waals surface area contributed by atoms with Gasteiger partial charge in [0, 0.05) is 29.4 Å². The van der Waals surface area contributed by atoms with E-state index in [9.17, 15) is 9.18 Å². The van der Waals surface area contributed by atoms with Gasteiger partial charge in [-0.3, -0.25) is 9.89 Å². The molecule has 0 amide bonds. The number of nitrogens with one attached hydrogen (secondary N) is 2. The Bertz CT molecular complexity index is 1100. The maximum atomic E-state index is 13.1. The topological polar surface area (TPSA) is 74.4 Å². The molecular formula is C21H19FN4O. The van der Waals surface area contributed by atoms with Crippen LogP contribution in [0.3, 0.4) is 0 Å². The average Bonchev–Trinajstić information content (AvgIpc) is 3.29. The zero-order valence-electron chi connectivity index (χ0n) is 14.9. The van der Waals surface area contributed by atoms with Gasteiger partial charge in [0.1, 0.15) is 17.2 Å². The summed E-state index contributed by atoms with van der Waals surface area (Å²) < 4.78 is 13.1. The minimum atomic E-state index is -0.269. The number of rotatable bonds is 6. The number of pyridine rings is 1. The quantitative estimate of drug-likeness (QED) is 0.497. The van der Waals surface area contributed by atoms with Crippen molar-refractivity contribution in [1.82, 2.24) is 20.2 Å². The summed E-state index contributed by atoms with van der Waals surface area (Å²) in [5.74, 6) is -0.307. The molecule has 4 rings (SSSR count). The van der Waals surface area contributed by atoms with Crippen molar-refractivity contribution in [2.24, 2.45) is 0 Å². The van der Waals surface area contributed by atoms with Crippen molar-refractivity contribution < 1.29 is 9.18 Å². The third kappa shape index (κ3) is 3.65. The molecule has 0 aliphatic rings. The van der Waals surface area contributed by atoms with Gasteiger partial charge in [-0.1, -0.05) is 13.3 Å². The van der Waals surface area contributed by atoms with Crippen LogP contribution in [0.1, 0.15) is 35.1 Å². The number of ketones is 1. The molecule has 27 heavy (non-hydrogen) atoms. The molecule has 3 heterocycles. The van der Waals surface area contributed by atoms with E-state index in [-0.39, 0.29) is 18.0 Å². The van der Waals surface area contributed by atoms with Crippen LogP contribution >= 0.6 is 0 Å². The molecule has 0 aliphatic heterocycles. The fraction of sp³-hybridized carbons (Fsp3) is 0.190. The molecular weight excluding hydrogens is 343 g/mol. The lowest BCUT2D eigenvalue weighted by molar-refractivity contribution is 0.0988. The molecule has 4 aromatic rings. The largest absolute Gasteiger partial charge is 0.339 e. The van der Waals surface area contributed by atoms with Gasteiger partial charge in [-0.05, 0) is 60.0 Å². The first-order valence-electron chi connectivity index (χ1n) is 8.93. The number of aromatic nitrogens is 4. The molecule has 0 bridgehead atoms. The highest BCUT2D eigenvalue weighted by Gasteiger charge is 2.13. The monoisotopic (exact) mass is 362 g/mol. The standard InChI is InChI=1S/C21H19FN4O/c1-2-3-17-11-19(26-25-17)20(27)9-13-8-15-10-18(24-21(15)23-12-13)14-4-6-16(22)7-5-14/h4-8,10-12H,2-3,9H2,1H3,(H,23,24)(H,25,26). The predicted molar refractivity (Wildman–Crippen MR) is 102 cm³/mol. The lowest BCUT2D eigenvalue weighted by atomic mass is 10.1. The van der Waals surface area contributed by atoms with Crippen molar-refractivity contribution in [2.75, 3.05) is 0 Å². The highest BCUT2D eigenvalue weighted by molar-refractivity contribution is 5.96. The van der Waals surface area contributed by atoms with Crippen LogP contribution in [0.5, 0.6) is 0 Å². The number of Topliss-reactive ketones (excluding diaryl/α,β-unsaturated/α-hetero) is 1. The van der Waals surface area contributed by atoms with E-state index in [0.717, 1.165) is 46.4 Å². The van der Waals surface area contributed by atoms with Gasteiger partial charge in [0.15, 0.2) is 5.78 Å². The third-order valence-electron chi connectivity index (χ3n) is 4.48. The van der Waals surface area contributed by atoms with E-state index in [2.05, 4.69) is 27.1 Å². The molecule has 0 spiro atoms. The molecule has 0 atom stereocenters. The summed E-state index contributed by atoms with van der Waals surface area (Å²) in [4.78, 5) is 20.1. The first kappa shape index (κ1) is 17.1. The molecule has 0 unspecified atom stereocenters. The second-order valence-electron chi connectivity index (χ2n) is 6.60. The smallest absolute Gasteiger partial charge is 0.187 e. The van der Waals surface area contributed by atoms with E-state index in [1.807, 2.05) is 18.2 Å². The van der Waals surface area contributed by atoms with Crippen LogP contribution in [0.2, 0.25) is 0 Å². The van der Waals surface area contributed by atoms with Crippen LogP contribution in [0.15, 0.2) is 48.7 Å². The van der Waals surface area contributed by atoms with Gasteiger partial charge in [0.25, 0.3) is 0 Å². The fourth-order valence-corrected chi connectivity index (χ4v) is 3.12. The fourth-order valence-electron chi connectivity index (χ4n) is 3.12. The molecule has 3 aromatic heterocycles. The lowest BCUT2D eigenvalue weighted by Crippen LogP contribution is -2.04. The number of aryl methyl sites for hydroxylation is 1. The number of H-pyrrole nitrogens is 2. The molecule has 0 saturated carbocycles. The molecule has 136 valence electrons. The Morgan fingerprint density at radius 1 is 1.15 bits per heavy atom. The Hall–Kier alpha value is -3.28. The van der Waals surface area contributed by atoms with E-state index in [1.54, 1.807) is 18.3 Å². The Kier molecular flexibility index (Phi) is 4.54. The molecule has 0 saturated heterocycles. The normalized spacial score (nSPS) is 11.2. The zero-order valence-corrected chi connectivity index (χ0v) is 14.9. The van der Waals surface area contributed by atoms with Gasteiger partial charge < -0.3 is 4.98 Å². The van der Waals surface area contributed by atoms with E-state index >= 15 is 0 Å². The predicted octanol–water partition coefficient (Wildman–Crippen LogP) is 4.47. The van der Waals surface area contributed by atoms with Crippen LogP contribution in [0, 0.1) is 5.82 Å². The highest BCUT2D eigenvalue weighted by atomic mass is 19.1. The number of benzene rings is 1. The summed E-state index contributed by atoms with van der Waals surface area (Å²) in [6.45, 7) is 2.08. The summed E-state index contributed by atoms with van der Waals surface area (Å²) in [5, 5.41) is 7.93. The van der Waals surface area contributed by atoms with Crippen molar-refractivity contribution in [1.29, 1.82) is 0 Å². The van der Waals surface area contributed by atoms with Gasteiger partial charge in [0.2, 0.25) is 0 Å². The van der Waals surface area contributed by atoms with Crippen LogP contribution in [0.4, 0.5) is 4.39 Å². The van der Waals surface area contributed by atoms with Crippen molar-refractivity contribution in [3.8, 4) is 11.3 Å². The Morgan fingerprint density at radius 2 is 1.96 bits per heavy atom. The molecule has 0 radical (unpaired) electrons. The minimum absolute atomic E-state index is 0.0379. The molecule has 0 fully saturated rings. The minimum Gasteiger partial charge on any atom is -0.339 e. The number of halogens is 1. The molecule has 1 aromatic carbocycles. The number of carbonyl (C=O) groups is 1. The van der Waals surface area contributed by atoms with E-state index in [1.165, 1.54) is 12.1 Å². The SMILES string of the molecule is CCCc1cc(C(=O)Cc2cnc3[nH]c(-c4ccc(F)cc4)cc3c2)n[nH]1. The van der Waals surface area contributed by atoms with Crippen molar-refractivity contribution in [3.05, 3.63) is 71.4 Å². The third-order valence-corrected chi connectivity index (χ3v) is 4.48. The molecule has 5 nitrogen and oxygen atoms in total. The molecule has 0 aliphatic carbocycles. The van der Waals surface area contributed by atoms with E-state index < -0.39 is 0 Å². The number of hydrogen-bond donors (Lipinski definition) is 2. The summed E-state index contributed by atoms with van der Waals surface area (Å²) in [5.41, 5.74) is 4.74.